The molecule has 1 amide bonds. The van der Waals surface area contributed by atoms with E-state index in [2.05, 4.69) is 16.1 Å². The van der Waals surface area contributed by atoms with Crippen LogP contribution in [0.3, 0.4) is 0 Å². The Labute approximate surface area is 190 Å². The number of hydrogen-bond acceptors (Lipinski definition) is 6. The Bertz CT molecular complexity index is 1040. The van der Waals surface area contributed by atoms with E-state index in [0.717, 1.165) is 36.7 Å². The zero-order chi connectivity index (χ0) is 21.4. The number of ether oxygens (including phenoxy) is 2. The van der Waals surface area contributed by atoms with Gasteiger partial charge in [0.05, 0.1) is 15.8 Å². The van der Waals surface area contributed by atoms with Crippen LogP contribution in [0.25, 0.3) is 0 Å². The lowest BCUT2D eigenvalue weighted by Gasteiger charge is -2.35. The van der Waals surface area contributed by atoms with Crippen LogP contribution >= 0.6 is 23.2 Å². The highest BCUT2D eigenvalue weighted by Crippen LogP contribution is 2.33. The molecule has 3 heterocycles. The molecule has 1 saturated heterocycles. The number of piperazine rings is 1. The molecular formula is C22H21Cl2N3O4. The summed E-state index contributed by atoms with van der Waals surface area (Å²) in [5.41, 5.74) is 2.69. The van der Waals surface area contributed by atoms with Gasteiger partial charge in [-0.1, -0.05) is 40.5 Å². The summed E-state index contributed by atoms with van der Waals surface area (Å²) in [5.74, 6) is 1.56. The third-order valence-corrected chi connectivity index (χ3v) is 6.46. The number of nitrogens with zero attached hydrogens (tertiary/aromatic N) is 3. The van der Waals surface area contributed by atoms with E-state index in [1.165, 1.54) is 5.56 Å². The maximum Gasteiger partial charge on any atom is 0.266 e. The predicted molar refractivity (Wildman–Crippen MR) is 117 cm³/mol. The van der Waals surface area contributed by atoms with Crippen LogP contribution in [0.4, 0.5) is 0 Å². The average molecular weight is 462 g/mol. The van der Waals surface area contributed by atoms with Gasteiger partial charge in [-0.25, -0.2) is 0 Å². The van der Waals surface area contributed by atoms with Crippen molar-refractivity contribution in [3.05, 3.63) is 57.6 Å². The molecule has 0 aliphatic carbocycles. The number of halogens is 2. The quantitative estimate of drug-likeness (QED) is 0.696. The first-order chi connectivity index (χ1) is 15.1. The number of benzene rings is 2. The van der Waals surface area contributed by atoms with Crippen molar-refractivity contribution >= 4 is 34.8 Å². The Hall–Kier alpha value is -2.48. The number of hydrogen-bond donors (Lipinski definition) is 0. The van der Waals surface area contributed by atoms with Crippen molar-refractivity contribution < 1.29 is 19.1 Å². The minimum Gasteiger partial charge on any atom is -0.454 e. The number of carbonyl (C=O) groups excluding carboxylic acids is 1. The molecule has 9 heteroatoms. The molecule has 2 aromatic rings. The molecule has 5 rings (SSSR count). The SMILES string of the molecule is O=C([C@@H]1CC(c2ccc(Cl)c(Cl)c2)=NO1)N1CCN(Cc2ccc3c(c2)OCO3)CC1. The smallest absolute Gasteiger partial charge is 0.266 e. The number of oxime groups is 1. The molecule has 0 bridgehead atoms. The third-order valence-electron chi connectivity index (χ3n) is 5.72. The van der Waals surface area contributed by atoms with Crippen LogP contribution in [0.5, 0.6) is 11.5 Å². The molecule has 0 radical (unpaired) electrons. The lowest BCUT2D eigenvalue weighted by atomic mass is 10.0. The van der Waals surface area contributed by atoms with Crippen LogP contribution in [0.15, 0.2) is 41.6 Å². The Morgan fingerprint density at radius 2 is 1.81 bits per heavy atom. The molecule has 0 unspecified atom stereocenters. The monoisotopic (exact) mass is 461 g/mol. The fourth-order valence-electron chi connectivity index (χ4n) is 3.98. The Morgan fingerprint density at radius 1 is 1.00 bits per heavy atom. The molecule has 0 N–H and O–H groups in total. The summed E-state index contributed by atoms with van der Waals surface area (Å²) in [4.78, 5) is 22.6. The molecule has 3 aliphatic rings. The van der Waals surface area contributed by atoms with Crippen molar-refractivity contribution in [2.45, 2.75) is 19.1 Å². The summed E-state index contributed by atoms with van der Waals surface area (Å²) < 4.78 is 10.8. The van der Waals surface area contributed by atoms with Gasteiger partial charge in [0.1, 0.15) is 0 Å². The third kappa shape index (κ3) is 4.31. The van der Waals surface area contributed by atoms with Crippen LogP contribution in [-0.2, 0) is 16.2 Å². The molecule has 31 heavy (non-hydrogen) atoms. The van der Waals surface area contributed by atoms with E-state index in [-0.39, 0.29) is 12.7 Å². The van der Waals surface area contributed by atoms with Crippen molar-refractivity contribution in [2.24, 2.45) is 5.16 Å². The highest BCUT2D eigenvalue weighted by molar-refractivity contribution is 6.42. The summed E-state index contributed by atoms with van der Waals surface area (Å²) in [6.45, 7) is 4.00. The first-order valence-electron chi connectivity index (χ1n) is 10.1. The van der Waals surface area contributed by atoms with Gasteiger partial charge in [-0.15, -0.1) is 0 Å². The van der Waals surface area contributed by atoms with Crippen LogP contribution < -0.4 is 9.47 Å². The van der Waals surface area contributed by atoms with Crippen molar-refractivity contribution in [3.63, 3.8) is 0 Å². The lowest BCUT2D eigenvalue weighted by Crippen LogP contribution is -2.51. The molecule has 1 atom stereocenters. The number of carbonyl (C=O) groups is 1. The zero-order valence-corrected chi connectivity index (χ0v) is 18.2. The van der Waals surface area contributed by atoms with E-state index in [1.54, 1.807) is 12.1 Å². The summed E-state index contributed by atoms with van der Waals surface area (Å²) in [5, 5.41) is 5.04. The van der Waals surface area contributed by atoms with Crippen molar-refractivity contribution in [3.8, 4) is 11.5 Å². The van der Waals surface area contributed by atoms with Gasteiger partial charge in [0.15, 0.2) is 11.5 Å². The second kappa shape index (κ2) is 8.57. The summed E-state index contributed by atoms with van der Waals surface area (Å²) >= 11 is 12.1. The maximum absolute atomic E-state index is 12.9. The molecule has 3 aliphatic heterocycles. The minimum absolute atomic E-state index is 0.0264. The molecule has 1 fully saturated rings. The lowest BCUT2D eigenvalue weighted by molar-refractivity contribution is -0.143. The zero-order valence-electron chi connectivity index (χ0n) is 16.7. The summed E-state index contributed by atoms with van der Waals surface area (Å²) in [6, 6.07) is 11.3. The topological polar surface area (TPSA) is 63.6 Å². The van der Waals surface area contributed by atoms with Gasteiger partial charge in [0.25, 0.3) is 5.91 Å². The molecule has 0 spiro atoms. The van der Waals surface area contributed by atoms with E-state index in [9.17, 15) is 4.79 Å². The number of rotatable bonds is 4. The molecule has 7 nitrogen and oxygen atoms in total. The van der Waals surface area contributed by atoms with Crippen LogP contribution in [0.2, 0.25) is 10.0 Å². The van der Waals surface area contributed by atoms with E-state index < -0.39 is 6.10 Å². The van der Waals surface area contributed by atoms with E-state index in [1.807, 2.05) is 23.1 Å². The highest BCUT2D eigenvalue weighted by Gasteiger charge is 2.34. The van der Waals surface area contributed by atoms with Gasteiger partial charge < -0.3 is 19.2 Å². The van der Waals surface area contributed by atoms with E-state index >= 15 is 0 Å². The van der Waals surface area contributed by atoms with E-state index in [0.29, 0.717) is 35.3 Å². The minimum atomic E-state index is -0.593. The van der Waals surface area contributed by atoms with E-state index in [4.69, 9.17) is 37.5 Å². The van der Waals surface area contributed by atoms with Crippen LogP contribution in [0, 0.1) is 0 Å². The average Bonchev–Trinajstić information content (AvgIpc) is 3.45. The summed E-state index contributed by atoms with van der Waals surface area (Å²) in [7, 11) is 0. The van der Waals surface area contributed by atoms with Gasteiger partial charge in [-0.05, 0) is 29.8 Å². The van der Waals surface area contributed by atoms with Crippen LogP contribution in [0.1, 0.15) is 17.5 Å². The Morgan fingerprint density at radius 3 is 2.61 bits per heavy atom. The Balaban J connectivity index is 1.13. The van der Waals surface area contributed by atoms with Gasteiger partial charge in [-0.2, -0.15) is 0 Å². The first kappa shape index (κ1) is 20.4. The second-order valence-electron chi connectivity index (χ2n) is 7.75. The van der Waals surface area contributed by atoms with Crippen molar-refractivity contribution in [1.29, 1.82) is 0 Å². The molecular weight excluding hydrogens is 441 g/mol. The standard InChI is InChI=1S/C22H21Cl2N3O4/c23-16-3-2-15(10-17(16)24)18-11-21(31-25-18)22(28)27-7-5-26(6-8-27)12-14-1-4-19-20(9-14)30-13-29-19/h1-4,9-10,21H,5-8,11-13H2/t21-/m0/s1. The normalized spacial score (nSPS) is 20.5. The van der Waals surface area contributed by atoms with Gasteiger partial charge in [0.2, 0.25) is 12.9 Å². The van der Waals surface area contributed by atoms with Gasteiger partial charge in [0, 0.05) is 44.7 Å². The first-order valence-corrected chi connectivity index (χ1v) is 10.9. The molecule has 0 saturated carbocycles. The second-order valence-corrected chi connectivity index (χ2v) is 8.57. The van der Waals surface area contributed by atoms with Gasteiger partial charge >= 0.3 is 0 Å². The number of amides is 1. The van der Waals surface area contributed by atoms with Gasteiger partial charge in [-0.3, -0.25) is 9.69 Å². The number of fused-ring (bicyclic) bond motifs is 1. The fourth-order valence-corrected chi connectivity index (χ4v) is 4.28. The molecule has 0 aromatic heterocycles. The highest BCUT2D eigenvalue weighted by atomic mass is 35.5. The van der Waals surface area contributed by atoms with Crippen molar-refractivity contribution in [1.82, 2.24) is 9.80 Å². The largest absolute Gasteiger partial charge is 0.454 e. The predicted octanol–water partition coefficient (Wildman–Crippen LogP) is 3.56. The van der Waals surface area contributed by atoms with Crippen LogP contribution in [-0.4, -0.2) is 60.5 Å². The summed E-state index contributed by atoms with van der Waals surface area (Å²) in [6.07, 6.45) is -0.168. The maximum atomic E-state index is 12.9. The fraction of sp³-hybridized carbons (Fsp3) is 0.364. The molecule has 162 valence electrons. The van der Waals surface area contributed by atoms with Crippen molar-refractivity contribution in [2.75, 3.05) is 33.0 Å². The molecule has 2 aromatic carbocycles. The Kier molecular flexibility index (Phi) is 5.65.